The average molecular weight is 669 g/mol. The molecule has 3 saturated carbocycles. The minimum atomic E-state index is -5.20. The lowest BCUT2D eigenvalue weighted by molar-refractivity contribution is 0.00605. The minimum Gasteiger partial charge on any atom is -0.450 e. The number of methoxy groups -OCH3 is 1. The first-order chi connectivity index (χ1) is 21.9. The maximum atomic E-state index is 15.8. The molecule has 3 aliphatic rings. The van der Waals surface area contributed by atoms with E-state index in [-0.39, 0.29) is 24.0 Å². The second-order valence-electron chi connectivity index (χ2n) is 14.0. The molecule has 3 aliphatic carbocycles. The Bertz CT molecular complexity index is 1410. The van der Waals surface area contributed by atoms with Crippen LogP contribution < -0.4 is 4.74 Å². The van der Waals surface area contributed by atoms with E-state index in [1.807, 2.05) is 0 Å². The maximum absolute atomic E-state index is 15.8. The van der Waals surface area contributed by atoms with Crippen molar-refractivity contribution in [1.82, 2.24) is 0 Å². The van der Waals surface area contributed by atoms with Crippen LogP contribution >= 0.6 is 0 Å². The topological polar surface area (TPSA) is 61.8 Å². The number of ether oxygens (including phenoxy) is 2. The normalized spacial score (nSPS) is 19.5. The lowest BCUT2D eigenvalue weighted by Crippen LogP contribution is -2.25. The van der Waals surface area contributed by atoms with Gasteiger partial charge < -0.3 is 9.47 Å². The fourth-order valence-corrected chi connectivity index (χ4v) is 8.52. The summed E-state index contributed by atoms with van der Waals surface area (Å²) >= 11 is 0. The van der Waals surface area contributed by atoms with Crippen molar-refractivity contribution in [3.05, 3.63) is 52.1 Å². The summed E-state index contributed by atoms with van der Waals surface area (Å²) < 4.78 is 104. The van der Waals surface area contributed by atoms with Crippen molar-refractivity contribution in [1.29, 1.82) is 0 Å². The molecule has 10 heteroatoms. The molecule has 0 bridgehead atoms. The van der Waals surface area contributed by atoms with Crippen LogP contribution in [0.2, 0.25) is 0 Å². The van der Waals surface area contributed by atoms with Gasteiger partial charge in [0.05, 0.1) is 12.2 Å². The van der Waals surface area contributed by atoms with Crippen LogP contribution in [0.4, 0.5) is 17.6 Å². The predicted octanol–water partition coefficient (Wildman–Crippen LogP) is 10.7. The average Bonchev–Trinajstić information content (AvgIpc) is 3.06. The molecule has 0 radical (unpaired) electrons. The van der Waals surface area contributed by atoms with Crippen LogP contribution in [-0.4, -0.2) is 27.7 Å². The summed E-state index contributed by atoms with van der Waals surface area (Å²) in [6.45, 7) is 2.83. The van der Waals surface area contributed by atoms with Gasteiger partial charge in [0.15, 0.2) is 16.5 Å². The van der Waals surface area contributed by atoms with E-state index in [4.69, 9.17) is 13.7 Å². The lowest BCUT2D eigenvalue weighted by atomic mass is 9.75. The smallest absolute Gasteiger partial charge is 0.303 e. The maximum Gasteiger partial charge on any atom is 0.303 e. The zero-order chi connectivity index (χ0) is 33.1. The summed E-state index contributed by atoms with van der Waals surface area (Å²) in [5, 5.41) is 0. The molecule has 46 heavy (non-hydrogen) atoms. The first-order valence-electron chi connectivity index (χ1n) is 17.1. The predicted molar refractivity (Wildman–Crippen MR) is 169 cm³/mol. The van der Waals surface area contributed by atoms with Crippen molar-refractivity contribution in [2.24, 2.45) is 0 Å². The highest BCUT2D eigenvalue weighted by molar-refractivity contribution is 7.86. The molecular formula is C36H48F4O5S. The molecule has 0 aromatic heterocycles. The molecule has 5 nitrogen and oxygen atoms in total. The van der Waals surface area contributed by atoms with E-state index >= 15 is 17.6 Å². The molecule has 0 saturated heterocycles. The number of hydrogen-bond donors (Lipinski definition) is 0. The van der Waals surface area contributed by atoms with Gasteiger partial charge in [-0.2, -0.15) is 17.2 Å². The Hall–Kier alpha value is -2.17. The molecule has 5 rings (SSSR count). The van der Waals surface area contributed by atoms with E-state index < -0.39 is 56.2 Å². The summed E-state index contributed by atoms with van der Waals surface area (Å²) in [5.41, 5.74) is 2.09. The molecule has 256 valence electrons. The van der Waals surface area contributed by atoms with Crippen LogP contribution in [0.15, 0.2) is 17.0 Å². The number of rotatable bonds is 11. The van der Waals surface area contributed by atoms with Crippen molar-refractivity contribution >= 4 is 10.1 Å². The van der Waals surface area contributed by atoms with Crippen molar-refractivity contribution in [3.63, 3.8) is 0 Å². The van der Waals surface area contributed by atoms with Gasteiger partial charge in [-0.25, -0.2) is 8.78 Å². The third-order valence-corrected chi connectivity index (χ3v) is 11.8. The van der Waals surface area contributed by atoms with E-state index in [0.29, 0.717) is 5.92 Å². The van der Waals surface area contributed by atoms with Crippen LogP contribution in [0, 0.1) is 23.3 Å². The fourth-order valence-electron chi connectivity index (χ4n) is 7.48. The van der Waals surface area contributed by atoms with Crippen LogP contribution in [0.3, 0.4) is 0 Å². The van der Waals surface area contributed by atoms with Gasteiger partial charge in [0.25, 0.3) is 0 Å². The molecule has 0 amide bonds. The summed E-state index contributed by atoms with van der Waals surface area (Å²) in [6, 6.07) is 4.23. The Balaban J connectivity index is 1.59. The zero-order valence-corrected chi connectivity index (χ0v) is 28.2. The molecule has 2 aromatic carbocycles. The van der Waals surface area contributed by atoms with E-state index in [9.17, 15) is 8.42 Å². The fraction of sp³-hybridized carbons (Fsp3) is 0.667. The van der Waals surface area contributed by atoms with Crippen LogP contribution in [-0.2, 0) is 19.0 Å². The third kappa shape index (κ3) is 7.75. The van der Waals surface area contributed by atoms with E-state index in [1.165, 1.54) is 19.1 Å². The molecule has 0 aliphatic heterocycles. The summed E-state index contributed by atoms with van der Waals surface area (Å²) in [7, 11) is -3.78. The van der Waals surface area contributed by atoms with Crippen LogP contribution in [0.5, 0.6) is 11.5 Å². The lowest BCUT2D eigenvalue weighted by Gasteiger charge is -2.32. The highest BCUT2D eigenvalue weighted by Crippen LogP contribution is 2.49. The van der Waals surface area contributed by atoms with Gasteiger partial charge in [-0.15, -0.1) is 0 Å². The molecule has 0 heterocycles. The number of halogens is 4. The molecule has 0 N–H and O–H groups in total. The van der Waals surface area contributed by atoms with Crippen LogP contribution in [0.25, 0.3) is 0 Å². The first-order valence-corrected chi connectivity index (χ1v) is 18.5. The van der Waals surface area contributed by atoms with Gasteiger partial charge in [0.1, 0.15) is 5.75 Å². The zero-order valence-electron chi connectivity index (χ0n) is 27.4. The Morgan fingerprint density at radius 2 is 1.11 bits per heavy atom. The molecule has 3 fully saturated rings. The summed E-state index contributed by atoms with van der Waals surface area (Å²) in [6.07, 6.45) is 15.5. The van der Waals surface area contributed by atoms with Crippen molar-refractivity contribution in [2.45, 2.75) is 145 Å². The standard InChI is InChI=1S/C36H48F4O5S/c1-36(2,43-3)19-20-44-46(41,42)35-31(39)29(37)34(30(38)32(35)40)45-33-27(24-15-9-5-10-16-24)21-26(23-13-7-4-8-14-23)22-28(33)25-17-11-6-12-18-25/h21-25H,4-20H2,1-3H3. The van der Waals surface area contributed by atoms with Crippen molar-refractivity contribution in [3.8, 4) is 11.5 Å². The Kier molecular flexibility index (Phi) is 11.4. The SMILES string of the molecule is COC(C)(C)CCOS(=O)(=O)c1c(F)c(F)c(Oc2c(C3CCCCC3)cc(C3CCCCC3)cc2C2CCCCC2)c(F)c1F. The van der Waals surface area contributed by atoms with E-state index in [1.54, 1.807) is 13.8 Å². The molecule has 0 spiro atoms. The number of benzene rings is 2. The van der Waals surface area contributed by atoms with E-state index in [0.717, 1.165) is 101 Å². The quantitative estimate of drug-likeness (QED) is 0.135. The van der Waals surface area contributed by atoms with E-state index in [2.05, 4.69) is 12.1 Å². The second kappa shape index (κ2) is 14.9. The third-order valence-electron chi connectivity index (χ3n) is 10.5. The Morgan fingerprint density at radius 1 is 0.674 bits per heavy atom. The highest BCUT2D eigenvalue weighted by atomic mass is 32.2. The van der Waals surface area contributed by atoms with Gasteiger partial charge in [0.2, 0.25) is 17.4 Å². The molecular weight excluding hydrogens is 620 g/mol. The minimum absolute atomic E-state index is 0.0445. The number of hydrogen-bond acceptors (Lipinski definition) is 5. The molecule has 2 aromatic rings. The van der Waals surface area contributed by atoms with Gasteiger partial charge >= 0.3 is 10.1 Å². The van der Waals surface area contributed by atoms with Gasteiger partial charge in [-0.05, 0) is 86.8 Å². The van der Waals surface area contributed by atoms with Gasteiger partial charge in [-0.3, -0.25) is 4.18 Å². The molecule has 0 atom stereocenters. The second-order valence-corrected chi connectivity index (χ2v) is 15.6. The Morgan fingerprint density at radius 3 is 1.54 bits per heavy atom. The summed E-state index contributed by atoms with van der Waals surface area (Å²) in [5.74, 6) is -8.40. The van der Waals surface area contributed by atoms with Crippen molar-refractivity contribution < 1.29 is 39.6 Å². The van der Waals surface area contributed by atoms with Gasteiger partial charge in [0, 0.05) is 13.5 Å². The van der Waals surface area contributed by atoms with Crippen LogP contribution in [0.1, 0.15) is 151 Å². The van der Waals surface area contributed by atoms with Gasteiger partial charge in [-0.1, -0.05) is 69.9 Å². The Labute approximate surface area is 271 Å². The first kappa shape index (κ1) is 35.1. The monoisotopic (exact) mass is 668 g/mol. The molecule has 0 unspecified atom stereocenters. The highest BCUT2D eigenvalue weighted by Gasteiger charge is 2.37. The summed E-state index contributed by atoms with van der Waals surface area (Å²) in [4.78, 5) is -1.81. The van der Waals surface area contributed by atoms with Crippen molar-refractivity contribution in [2.75, 3.05) is 13.7 Å². The largest absolute Gasteiger partial charge is 0.450 e.